The normalized spacial score (nSPS) is 19.0. The molecule has 0 spiro atoms. The number of nitrogens with zero attached hydrogens (tertiary/aromatic N) is 1. The molecule has 0 bridgehead atoms. The molecule has 1 aliphatic rings. The number of rotatable bonds is 4. The van der Waals surface area contributed by atoms with Crippen LogP contribution in [0.15, 0.2) is 24.3 Å². The van der Waals surface area contributed by atoms with Gasteiger partial charge >= 0.3 is 0 Å². The number of likely N-dealkylation sites (N-methyl/N-ethyl adjacent to an activating group) is 1. The van der Waals surface area contributed by atoms with Gasteiger partial charge in [0.2, 0.25) is 5.91 Å². The zero-order valence-electron chi connectivity index (χ0n) is 12.7. The van der Waals surface area contributed by atoms with E-state index in [1.807, 2.05) is 31.2 Å². The van der Waals surface area contributed by atoms with E-state index in [0.717, 1.165) is 11.1 Å². The number of ether oxygens (including phenoxy) is 1. The Hall–Kier alpha value is -1.43. The summed E-state index contributed by atoms with van der Waals surface area (Å²) in [6, 6.07) is 6.92. The predicted octanol–water partition coefficient (Wildman–Crippen LogP) is 0.995. The van der Waals surface area contributed by atoms with Crippen molar-refractivity contribution in [3.8, 4) is 0 Å². The number of carbonyl (C=O) groups is 1. The molecule has 0 saturated carbocycles. The Morgan fingerprint density at radius 1 is 1.38 bits per heavy atom. The number of carbonyl (C=O) groups excluding carboxylic acids is 1. The Kier molecular flexibility index (Phi) is 4.98. The summed E-state index contributed by atoms with van der Waals surface area (Å²) in [5.74, 6) is -0.182. The van der Waals surface area contributed by atoms with Crippen molar-refractivity contribution < 1.29 is 14.6 Å². The highest BCUT2D eigenvalue weighted by Gasteiger charge is 2.33. The average Bonchev–Trinajstić information content (AvgIpc) is 2.46. The van der Waals surface area contributed by atoms with Gasteiger partial charge < -0.3 is 20.5 Å². The average molecular weight is 292 g/mol. The summed E-state index contributed by atoms with van der Waals surface area (Å²) in [7, 11) is 1.68. The molecular weight excluding hydrogens is 268 g/mol. The first-order valence-corrected chi connectivity index (χ1v) is 7.28. The Balaban J connectivity index is 1.99. The van der Waals surface area contributed by atoms with E-state index in [0.29, 0.717) is 26.1 Å². The second kappa shape index (κ2) is 6.56. The first-order chi connectivity index (χ1) is 9.91. The number of benzene rings is 1. The Bertz CT molecular complexity index is 481. The first kappa shape index (κ1) is 15.9. The fourth-order valence-electron chi connectivity index (χ4n) is 2.58. The van der Waals surface area contributed by atoms with Crippen LogP contribution in [-0.4, -0.2) is 48.3 Å². The van der Waals surface area contributed by atoms with E-state index >= 15 is 0 Å². The summed E-state index contributed by atoms with van der Waals surface area (Å²) < 4.78 is 5.25. The molecule has 116 valence electrons. The lowest BCUT2D eigenvalue weighted by molar-refractivity contribution is -0.138. The summed E-state index contributed by atoms with van der Waals surface area (Å²) >= 11 is 0. The van der Waals surface area contributed by atoms with Crippen molar-refractivity contribution in [2.75, 3.05) is 26.8 Å². The van der Waals surface area contributed by atoms with Crippen LogP contribution in [0.5, 0.6) is 0 Å². The Morgan fingerprint density at radius 3 is 2.52 bits per heavy atom. The van der Waals surface area contributed by atoms with Gasteiger partial charge in [-0.05, 0) is 12.5 Å². The van der Waals surface area contributed by atoms with Crippen LogP contribution in [0.3, 0.4) is 0 Å². The number of aliphatic hydroxyl groups is 1. The molecule has 1 heterocycles. The fourth-order valence-corrected chi connectivity index (χ4v) is 2.58. The van der Waals surface area contributed by atoms with Crippen molar-refractivity contribution in [1.82, 2.24) is 4.90 Å². The molecule has 1 atom stereocenters. The van der Waals surface area contributed by atoms with Crippen LogP contribution in [0, 0.1) is 6.92 Å². The third-order valence-electron chi connectivity index (χ3n) is 4.03. The maximum Gasteiger partial charge on any atom is 0.243 e. The molecule has 21 heavy (non-hydrogen) atoms. The molecule has 5 heteroatoms. The van der Waals surface area contributed by atoms with E-state index in [1.54, 1.807) is 7.05 Å². The predicted molar refractivity (Wildman–Crippen MR) is 80.7 cm³/mol. The van der Waals surface area contributed by atoms with Crippen molar-refractivity contribution in [2.24, 2.45) is 5.73 Å². The molecule has 1 aliphatic heterocycles. The van der Waals surface area contributed by atoms with Gasteiger partial charge in [0.1, 0.15) is 6.04 Å². The molecule has 3 N–H and O–H groups in total. The van der Waals surface area contributed by atoms with Gasteiger partial charge in [0, 0.05) is 39.6 Å². The zero-order valence-corrected chi connectivity index (χ0v) is 12.7. The van der Waals surface area contributed by atoms with Gasteiger partial charge in [-0.1, -0.05) is 29.8 Å². The minimum atomic E-state index is -0.865. The minimum absolute atomic E-state index is 0.182. The van der Waals surface area contributed by atoms with E-state index in [2.05, 4.69) is 0 Å². The number of nitrogens with two attached hydrogens (primary N) is 1. The molecular formula is C16H24N2O3. The minimum Gasteiger partial charge on any atom is -0.388 e. The summed E-state index contributed by atoms with van der Waals surface area (Å²) in [6.07, 6.45) is 1.09. The van der Waals surface area contributed by atoms with Gasteiger partial charge in [-0.3, -0.25) is 4.79 Å². The molecule has 2 rings (SSSR count). The standard InChI is InChI=1S/C16H24N2O3/c1-12-3-5-13(6-4-12)14(17)15(19)18(2)11-16(20)7-9-21-10-8-16/h3-6,14,20H,7-11,17H2,1-2H3. The first-order valence-electron chi connectivity index (χ1n) is 7.28. The van der Waals surface area contributed by atoms with Crippen LogP contribution >= 0.6 is 0 Å². The fraction of sp³-hybridized carbons (Fsp3) is 0.562. The smallest absolute Gasteiger partial charge is 0.243 e. The van der Waals surface area contributed by atoms with Gasteiger partial charge in [-0.25, -0.2) is 0 Å². The molecule has 1 fully saturated rings. The maximum absolute atomic E-state index is 12.4. The zero-order chi connectivity index (χ0) is 15.5. The van der Waals surface area contributed by atoms with Gasteiger partial charge in [-0.15, -0.1) is 0 Å². The molecule has 0 aromatic heterocycles. The summed E-state index contributed by atoms with van der Waals surface area (Å²) in [5, 5.41) is 10.5. The summed E-state index contributed by atoms with van der Waals surface area (Å²) in [5.41, 5.74) is 7.09. The van der Waals surface area contributed by atoms with Gasteiger partial charge in [-0.2, -0.15) is 0 Å². The second-order valence-electron chi connectivity index (χ2n) is 5.92. The van der Waals surface area contributed by atoms with Gasteiger partial charge in [0.15, 0.2) is 0 Å². The molecule has 1 aromatic rings. The van der Waals surface area contributed by atoms with Crippen LogP contribution in [0.25, 0.3) is 0 Å². The van der Waals surface area contributed by atoms with Crippen molar-refractivity contribution in [1.29, 1.82) is 0 Å². The third-order valence-corrected chi connectivity index (χ3v) is 4.03. The van der Waals surface area contributed by atoms with Gasteiger partial charge in [0.25, 0.3) is 0 Å². The SMILES string of the molecule is Cc1ccc(C(N)C(=O)N(C)CC2(O)CCOCC2)cc1. The molecule has 0 aliphatic carbocycles. The van der Waals surface area contributed by atoms with Gasteiger partial charge in [0.05, 0.1) is 5.60 Å². The third kappa shape index (κ3) is 4.03. The Morgan fingerprint density at radius 2 is 1.95 bits per heavy atom. The maximum atomic E-state index is 12.4. The lowest BCUT2D eigenvalue weighted by Gasteiger charge is -2.36. The number of hydrogen-bond donors (Lipinski definition) is 2. The van der Waals surface area contributed by atoms with Crippen LogP contribution in [-0.2, 0) is 9.53 Å². The van der Waals surface area contributed by atoms with Crippen molar-refractivity contribution in [3.05, 3.63) is 35.4 Å². The van der Waals surface area contributed by atoms with Crippen LogP contribution in [0.1, 0.15) is 30.0 Å². The van der Waals surface area contributed by atoms with E-state index in [4.69, 9.17) is 10.5 Å². The Labute approximate surface area is 125 Å². The van der Waals surface area contributed by atoms with Crippen molar-refractivity contribution >= 4 is 5.91 Å². The molecule has 0 radical (unpaired) electrons. The lowest BCUT2D eigenvalue weighted by Crippen LogP contribution is -2.49. The van der Waals surface area contributed by atoms with Crippen LogP contribution < -0.4 is 5.73 Å². The highest BCUT2D eigenvalue weighted by molar-refractivity contribution is 5.82. The summed E-state index contributed by atoms with van der Waals surface area (Å²) in [6.45, 7) is 3.34. The molecule has 1 amide bonds. The van der Waals surface area contributed by atoms with E-state index < -0.39 is 11.6 Å². The van der Waals surface area contributed by atoms with Crippen LogP contribution in [0.2, 0.25) is 0 Å². The van der Waals surface area contributed by atoms with Crippen molar-refractivity contribution in [2.45, 2.75) is 31.4 Å². The van der Waals surface area contributed by atoms with E-state index in [-0.39, 0.29) is 12.5 Å². The highest BCUT2D eigenvalue weighted by atomic mass is 16.5. The van der Waals surface area contributed by atoms with E-state index in [9.17, 15) is 9.90 Å². The number of aryl methyl sites for hydroxylation is 1. The van der Waals surface area contributed by atoms with Crippen molar-refractivity contribution in [3.63, 3.8) is 0 Å². The quantitative estimate of drug-likeness (QED) is 0.868. The van der Waals surface area contributed by atoms with E-state index in [1.165, 1.54) is 4.90 Å². The lowest BCUT2D eigenvalue weighted by atomic mass is 9.93. The van der Waals surface area contributed by atoms with Crippen LogP contribution in [0.4, 0.5) is 0 Å². The number of hydrogen-bond acceptors (Lipinski definition) is 4. The molecule has 5 nitrogen and oxygen atoms in total. The monoisotopic (exact) mass is 292 g/mol. The second-order valence-corrected chi connectivity index (χ2v) is 5.92. The topological polar surface area (TPSA) is 75.8 Å². The highest BCUT2D eigenvalue weighted by Crippen LogP contribution is 2.22. The summed E-state index contributed by atoms with van der Waals surface area (Å²) in [4.78, 5) is 13.9. The molecule has 1 aromatic carbocycles. The number of amides is 1. The largest absolute Gasteiger partial charge is 0.388 e. The molecule has 1 unspecified atom stereocenters. The molecule has 1 saturated heterocycles.